The number of nitrogens with one attached hydrogen (secondary N) is 1. The Morgan fingerprint density at radius 3 is 2.44 bits per heavy atom. The molecule has 3 heterocycles. The molecule has 3 atom stereocenters. The summed E-state index contributed by atoms with van der Waals surface area (Å²) < 4.78 is 5.57. The predicted molar refractivity (Wildman–Crippen MR) is 137 cm³/mol. The van der Waals surface area contributed by atoms with Crippen molar-refractivity contribution in [3.05, 3.63) is 29.8 Å². The van der Waals surface area contributed by atoms with Crippen LogP contribution in [-0.4, -0.2) is 97.0 Å². The monoisotopic (exact) mass is 497 g/mol. The van der Waals surface area contributed by atoms with E-state index in [0.717, 1.165) is 57.7 Å². The quantitative estimate of drug-likeness (QED) is 0.607. The maximum Gasteiger partial charge on any atom is 0.252 e. The lowest BCUT2D eigenvalue weighted by atomic mass is 9.80. The maximum absolute atomic E-state index is 13.9. The molecule has 0 aromatic heterocycles. The molecule has 9 heteroatoms. The van der Waals surface area contributed by atoms with Gasteiger partial charge in [0.05, 0.1) is 6.04 Å². The van der Waals surface area contributed by atoms with Crippen molar-refractivity contribution in [3.63, 3.8) is 0 Å². The van der Waals surface area contributed by atoms with Crippen LogP contribution in [0.1, 0.15) is 55.8 Å². The Balaban J connectivity index is 1.28. The second kappa shape index (κ2) is 10.5. The number of benzene rings is 1. The fourth-order valence-corrected chi connectivity index (χ4v) is 6.38. The summed E-state index contributed by atoms with van der Waals surface area (Å²) in [7, 11) is 0. The molecule has 5 rings (SSSR count). The minimum Gasteiger partial charge on any atom is -0.369 e. The van der Waals surface area contributed by atoms with Gasteiger partial charge in [0.15, 0.2) is 5.78 Å². The first kappa shape index (κ1) is 25.2. The summed E-state index contributed by atoms with van der Waals surface area (Å²) in [6, 6.07) is 6.66. The number of nitrogens with two attached hydrogens (primary N) is 1. The summed E-state index contributed by atoms with van der Waals surface area (Å²) in [6.45, 7) is 7.67. The van der Waals surface area contributed by atoms with Crippen LogP contribution in [0.3, 0.4) is 0 Å². The van der Waals surface area contributed by atoms with Crippen LogP contribution in [-0.2, 0) is 14.3 Å². The summed E-state index contributed by atoms with van der Waals surface area (Å²) in [6.07, 6.45) is 4.59. The number of nitrogens with zero attached hydrogens (tertiary/aromatic N) is 3. The number of carbonyl (C=O) groups is 3. The lowest BCUT2D eigenvalue weighted by Crippen LogP contribution is -2.62. The lowest BCUT2D eigenvalue weighted by Gasteiger charge is -2.40. The van der Waals surface area contributed by atoms with Crippen LogP contribution < -0.4 is 16.0 Å². The van der Waals surface area contributed by atoms with Crippen LogP contribution in [0.5, 0.6) is 0 Å². The van der Waals surface area contributed by atoms with Gasteiger partial charge in [-0.15, -0.1) is 0 Å². The molecule has 0 bridgehead atoms. The second-order valence-electron chi connectivity index (χ2n) is 10.8. The van der Waals surface area contributed by atoms with Gasteiger partial charge in [-0.05, 0) is 50.1 Å². The molecule has 0 radical (unpaired) electrons. The number of hydrogen-bond donors (Lipinski definition) is 2. The Morgan fingerprint density at radius 1 is 1.08 bits per heavy atom. The molecule has 1 aromatic carbocycles. The molecule has 1 saturated carbocycles. The van der Waals surface area contributed by atoms with Crippen molar-refractivity contribution in [2.75, 3.05) is 50.8 Å². The van der Waals surface area contributed by atoms with E-state index in [2.05, 4.69) is 22.0 Å². The van der Waals surface area contributed by atoms with Crippen molar-refractivity contribution in [2.45, 2.75) is 69.2 Å². The standard InChI is InChI=1S/C27H39N5O4/c1-2-12-30-13-15-31(16-14-30)20-8-6-19(7-9-20)25(34)29-27(10-4-3-5-11-27)26(35)32-17-21(28)24-23(32)22(33)18-36-24/h6-9,21,23-24H,2-5,10-18,28H2,1H3,(H,29,34)/t21-,23-,24-/m1/s1. The highest BCUT2D eigenvalue weighted by molar-refractivity contribution is 6.01. The zero-order valence-electron chi connectivity index (χ0n) is 21.3. The number of ether oxygens (including phenoxy) is 1. The van der Waals surface area contributed by atoms with E-state index in [1.165, 1.54) is 6.42 Å². The molecular weight excluding hydrogens is 458 g/mol. The van der Waals surface area contributed by atoms with Crippen LogP contribution in [0.25, 0.3) is 0 Å². The van der Waals surface area contributed by atoms with E-state index in [-0.39, 0.29) is 30.7 Å². The minimum absolute atomic E-state index is 0.00776. The van der Waals surface area contributed by atoms with Gasteiger partial charge in [-0.1, -0.05) is 26.2 Å². The van der Waals surface area contributed by atoms with E-state index < -0.39 is 23.7 Å². The van der Waals surface area contributed by atoms with E-state index >= 15 is 0 Å². The molecule has 3 saturated heterocycles. The molecule has 36 heavy (non-hydrogen) atoms. The summed E-state index contributed by atoms with van der Waals surface area (Å²) >= 11 is 0. The molecule has 0 unspecified atom stereocenters. The average Bonchev–Trinajstić information content (AvgIpc) is 3.45. The Morgan fingerprint density at radius 2 is 1.78 bits per heavy atom. The Bertz CT molecular complexity index is 969. The van der Waals surface area contributed by atoms with Crippen molar-refractivity contribution in [3.8, 4) is 0 Å². The zero-order chi connectivity index (χ0) is 25.3. The lowest BCUT2D eigenvalue weighted by molar-refractivity contribution is -0.143. The first-order chi connectivity index (χ1) is 17.4. The molecule has 4 aliphatic rings. The normalized spacial score (nSPS) is 28.3. The molecular formula is C27H39N5O4. The molecule has 1 aromatic rings. The van der Waals surface area contributed by atoms with Crippen LogP contribution >= 0.6 is 0 Å². The van der Waals surface area contributed by atoms with Gasteiger partial charge < -0.3 is 25.6 Å². The highest BCUT2D eigenvalue weighted by Crippen LogP contribution is 2.35. The number of fused-ring (bicyclic) bond motifs is 1. The summed E-state index contributed by atoms with van der Waals surface area (Å²) in [4.78, 5) is 46.2. The number of Topliss-reactive ketones (excluding diaryl/α,β-unsaturated/α-hetero) is 1. The number of hydrogen-bond acceptors (Lipinski definition) is 7. The number of ketones is 1. The number of amides is 2. The topological polar surface area (TPSA) is 108 Å². The Labute approximate surface area is 213 Å². The van der Waals surface area contributed by atoms with Gasteiger partial charge in [0.25, 0.3) is 5.91 Å². The van der Waals surface area contributed by atoms with E-state index in [4.69, 9.17) is 10.5 Å². The average molecular weight is 498 g/mol. The first-order valence-corrected chi connectivity index (χ1v) is 13.5. The molecule has 9 nitrogen and oxygen atoms in total. The van der Waals surface area contributed by atoms with E-state index in [1.54, 1.807) is 4.90 Å². The molecule has 2 amide bonds. The van der Waals surface area contributed by atoms with Crippen molar-refractivity contribution >= 4 is 23.3 Å². The van der Waals surface area contributed by atoms with Gasteiger partial charge in [0.2, 0.25) is 5.91 Å². The molecule has 1 aliphatic carbocycles. The third kappa shape index (κ3) is 4.76. The van der Waals surface area contributed by atoms with Crippen LogP contribution in [0, 0.1) is 0 Å². The molecule has 3 N–H and O–H groups in total. The van der Waals surface area contributed by atoms with Gasteiger partial charge in [-0.2, -0.15) is 0 Å². The fraction of sp³-hybridized carbons (Fsp3) is 0.667. The van der Waals surface area contributed by atoms with E-state index in [1.807, 2.05) is 24.3 Å². The number of piperazine rings is 1. The Hall–Kier alpha value is -2.49. The minimum atomic E-state index is -1.01. The molecule has 3 aliphatic heterocycles. The van der Waals surface area contributed by atoms with Gasteiger partial charge in [0, 0.05) is 44.0 Å². The second-order valence-corrected chi connectivity index (χ2v) is 10.8. The molecule has 4 fully saturated rings. The number of rotatable bonds is 6. The van der Waals surface area contributed by atoms with Crippen molar-refractivity contribution in [2.24, 2.45) is 5.73 Å². The smallest absolute Gasteiger partial charge is 0.252 e. The SMILES string of the molecule is CCCN1CCN(c2ccc(C(=O)NC3(C(=O)N4C[C@@H](N)[C@H]5OCC(=O)[C@H]54)CCCCC3)cc2)CC1. The number of anilines is 1. The third-order valence-electron chi connectivity index (χ3n) is 8.36. The van der Waals surface area contributed by atoms with Gasteiger partial charge in [0.1, 0.15) is 24.3 Å². The Kier molecular flexibility index (Phi) is 7.32. The fourth-order valence-electron chi connectivity index (χ4n) is 6.38. The predicted octanol–water partition coefficient (Wildman–Crippen LogP) is 1.16. The number of likely N-dealkylation sites (tertiary alicyclic amines) is 1. The highest BCUT2D eigenvalue weighted by atomic mass is 16.5. The largest absolute Gasteiger partial charge is 0.369 e. The van der Waals surface area contributed by atoms with Crippen LogP contribution in [0.2, 0.25) is 0 Å². The summed E-state index contributed by atoms with van der Waals surface area (Å²) in [5, 5.41) is 3.11. The maximum atomic E-state index is 13.9. The van der Waals surface area contributed by atoms with Crippen LogP contribution in [0.15, 0.2) is 24.3 Å². The van der Waals surface area contributed by atoms with E-state index in [0.29, 0.717) is 18.4 Å². The molecule has 0 spiro atoms. The van der Waals surface area contributed by atoms with Gasteiger partial charge in [-0.25, -0.2) is 0 Å². The van der Waals surface area contributed by atoms with Gasteiger partial charge >= 0.3 is 0 Å². The summed E-state index contributed by atoms with van der Waals surface area (Å²) in [5.41, 5.74) is 6.85. The zero-order valence-corrected chi connectivity index (χ0v) is 21.3. The van der Waals surface area contributed by atoms with Crippen molar-refractivity contribution in [1.29, 1.82) is 0 Å². The third-order valence-corrected chi connectivity index (χ3v) is 8.36. The van der Waals surface area contributed by atoms with Crippen LogP contribution in [0.4, 0.5) is 5.69 Å². The highest BCUT2D eigenvalue weighted by Gasteiger charge is 2.55. The van der Waals surface area contributed by atoms with Crippen molar-refractivity contribution < 1.29 is 19.1 Å². The summed E-state index contributed by atoms with van der Waals surface area (Å²) in [5.74, 6) is -0.553. The van der Waals surface area contributed by atoms with Gasteiger partial charge in [-0.3, -0.25) is 19.3 Å². The van der Waals surface area contributed by atoms with Crippen molar-refractivity contribution in [1.82, 2.24) is 15.1 Å². The first-order valence-electron chi connectivity index (χ1n) is 13.5. The van der Waals surface area contributed by atoms with E-state index in [9.17, 15) is 14.4 Å². The molecule has 196 valence electrons. The number of carbonyl (C=O) groups excluding carboxylic acids is 3.